The number of hydrogen-bond donors (Lipinski definition) is 1. The molecule has 1 heterocycles. The fourth-order valence-corrected chi connectivity index (χ4v) is 3.97. The highest BCUT2D eigenvalue weighted by molar-refractivity contribution is 7.99. The molecule has 2 amide bonds. The predicted octanol–water partition coefficient (Wildman–Crippen LogP) is 2.20. The van der Waals surface area contributed by atoms with Crippen LogP contribution >= 0.6 is 11.8 Å². The quantitative estimate of drug-likeness (QED) is 0.837. The van der Waals surface area contributed by atoms with E-state index in [1.807, 2.05) is 13.8 Å². The Labute approximate surface area is 152 Å². The number of carbonyl (C=O) groups excluding carboxylic acids is 2. The standard InChI is InChI=1S/C18H24N2O4S/c1-3-19(4-2)17(23)13-5-7-14(8-6-13)18(24)20-9-10-25-12-15(20)11-16(21)22/h5-8,15H,3-4,9-12H2,1-2H3,(H,21,22). The largest absolute Gasteiger partial charge is 0.481 e. The van der Waals surface area contributed by atoms with Crippen LogP contribution in [0.5, 0.6) is 0 Å². The van der Waals surface area contributed by atoms with E-state index in [1.54, 1.807) is 45.8 Å². The molecule has 0 saturated carbocycles. The van der Waals surface area contributed by atoms with Crippen molar-refractivity contribution in [3.8, 4) is 0 Å². The molecule has 1 unspecified atom stereocenters. The second-order valence-corrected chi connectivity index (χ2v) is 7.03. The molecule has 1 atom stereocenters. The molecule has 1 fully saturated rings. The molecule has 0 aromatic heterocycles. The van der Waals surface area contributed by atoms with Crippen molar-refractivity contribution in [3.63, 3.8) is 0 Å². The maximum atomic E-state index is 12.7. The molecule has 1 aliphatic rings. The molecule has 1 saturated heterocycles. The van der Waals surface area contributed by atoms with E-state index in [2.05, 4.69) is 0 Å². The summed E-state index contributed by atoms with van der Waals surface area (Å²) in [6.45, 7) is 5.67. The zero-order valence-electron chi connectivity index (χ0n) is 14.6. The summed E-state index contributed by atoms with van der Waals surface area (Å²) >= 11 is 1.67. The number of carbonyl (C=O) groups is 3. The minimum atomic E-state index is -0.898. The monoisotopic (exact) mass is 364 g/mol. The SMILES string of the molecule is CCN(CC)C(=O)c1ccc(C(=O)N2CCSCC2CC(=O)O)cc1. The van der Waals surface area contributed by atoms with Crippen molar-refractivity contribution in [2.45, 2.75) is 26.3 Å². The number of hydrogen-bond acceptors (Lipinski definition) is 4. The lowest BCUT2D eigenvalue weighted by atomic mass is 10.1. The number of benzene rings is 1. The maximum absolute atomic E-state index is 12.7. The maximum Gasteiger partial charge on any atom is 0.305 e. The van der Waals surface area contributed by atoms with E-state index in [0.29, 0.717) is 36.5 Å². The van der Waals surface area contributed by atoms with Gasteiger partial charge in [-0.25, -0.2) is 0 Å². The molecule has 2 rings (SSSR count). The number of carboxylic acid groups (broad SMARTS) is 1. The van der Waals surface area contributed by atoms with E-state index in [4.69, 9.17) is 5.11 Å². The van der Waals surface area contributed by atoms with Crippen LogP contribution in [0.1, 0.15) is 41.0 Å². The highest BCUT2D eigenvalue weighted by Crippen LogP contribution is 2.21. The summed E-state index contributed by atoms with van der Waals surface area (Å²) in [4.78, 5) is 39.5. The normalized spacial score (nSPS) is 17.2. The van der Waals surface area contributed by atoms with Gasteiger partial charge in [0.2, 0.25) is 0 Å². The molecule has 25 heavy (non-hydrogen) atoms. The number of nitrogens with zero attached hydrogens (tertiary/aromatic N) is 2. The summed E-state index contributed by atoms with van der Waals surface area (Å²) in [5, 5.41) is 9.04. The fourth-order valence-electron chi connectivity index (χ4n) is 2.91. The average Bonchev–Trinajstić information content (AvgIpc) is 2.62. The number of carboxylic acids is 1. The first kappa shape index (κ1) is 19.3. The van der Waals surface area contributed by atoms with Gasteiger partial charge in [0.05, 0.1) is 12.5 Å². The Morgan fingerprint density at radius 2 is 1.76 bits per heavy atom. The second-order valence-electron chi connectivity index (χ2n) is 5.88. The average molecular weight is 364 g/mol. The van der Waals surface area contributed by atoms with E-state index in [9.17, 15) is 14.4 Å². The lowest BCUT2D eigenvalue weighted by Crippen LogP contribution is -2.47. The Hall–Kier alpha value is -2.02. The van der Waals surface area contributed by atoms with Crippen molar-refractivity contribution in [2.24, 2.45) is 0 Å². The molecule has 0 spiro atoms. The predicted molar refractivity (Wildman–Crippen MR) is 98.1 cm³/mol. The van der Waals surface area contributed by atoms with Gasteiger partial charge in [-0.1, -0.05) is 0 Å². The molecule has 1 N–H and O–H groups in total. The van der Waals surface area contributed by atoms with Gasteiger partial charge in [0.25, 0.3) is 11.8 Å². The molecule has 7 heteroatoms. The van der Waals surface area contributed by atoms with E-state index >= 15 is 0 Å². The van der Waals surface area contributed by atoms with Gasteiger partial charge >= 0.3 is 5.97 Å². The van der Waals surface area contributed by atoms with Gasteiger partial charge in [-0.2, -0.15) is 11.8 Å². The Morgan fingerprint density at radius 3 is 2.32 bits per heavy atom. The van der Waals surface area contributed by atoms with Crippen molar-refractivity contribution in [2.75, 3.05) is 31.1 Å². The Balaban J connectivity index is 2.13. The lowest BCUT2D eigenvalue weighted by molar-refractivity contribution is -0.138. The Morgan fingerprint density at radius 1 is 1.16 bits per heavy atom. The van der Waals surface area contributed by atoms with Gasteiger partial charge in [-0.05, 0) is 38.1 Å². The number of rotatable bonds is 6. The molecular formula is C18H24N2O4S. The molecule has 0 bridgehead atoms. The van der Waals surface area contributed by atoms with E-state index in [0.717, 1.165) is 5.75 Å². The first-order valence-electron chi connectivity index (χ1n) is 8.47. The lowest BCUT2D eigenvalue weighted by Gasteiger charge is -2.34. The van der Waals surface area contributed by atoms with Crippen molar-refractivity contribution < 1.29 is 19.5 Å². The van der Waals surface area contributed by atoms with Gasteiger partial charge < -0.3 is 14.9 Å². The molecule has 1 aromatic rings. The third-order valence-electron chi connectivity index (χ3n) is 4.33. The Kier molecular flexibility index (Phi) is 6.87. The van der Waals surface area contributed by atoms with Crippen LogP contribution in [0.2, 0.25) is 0 Å². The minimum Gasteiger partial charge on any atom is -0.481 e. The zero-order valence-corrected chi connectivity index (χ0v) is 15.4. The first-order chi connectivity index (χ1) is 12.0. The van der Waals surface area contributed by atoms with Gasteiger partial charge in [-0.15, -0.1) is 0 Å². The summed E-state index contributed by atoms with van der Waals surface area (Å²) < 4.78 is 0. The number of aliphatic carboxylic acids is 1. The van der Waals surface area contributed by atoms with Gasteiger partial charge in [-0.3, -0.25) is 14.4 Å². The van der Waals surface area contributed by atoms with Crippen LogP contribution in [0.3, 0.4) is 0 Å². The van der Waals surface area contributed by atoms with Crippen molar-refractivity contribution >= 4 is 29.5 Å². The zero-order chi connectivity index (χ0) is 18.4. The summed E-state index contributed by atoms with van der Waals surface area (Å²) in [7, 11) is 0. The topological polar surface area (TPSA) is 77.9 Å². The van der Waals surface area contributed by atoms with E-state index < -0.39 is 5.97 Å². The molecule has 1 aliphatic heterocycles. The molecule has 6 nitrogen and oxygen atoms in total. The third-order valence-corrected chi connectivity index (χ3v) is 5.42. The second kappa shape index (κ2) is 8.89. The molecular weight excluding hydrogens is 340 g/mol. The highest BCUT2D eigenvalue weighted by atomic mass is 32.2. The summed E-state index contributed by atoms with van der Waals surface area (Å²) in [6.07, 6.45) is -0.0444. The molecule has 0 aliphatic carbocycles. The van der Waals surface area contributed by atoms with Crippen LogP contribution in [0.25, 0.3) is 0 Å². The Bertz CT molecular complexity index is 628. The number of thioether (sulfide) groups is 1. The summed E-state index contributed by atoms with van der Waals surface area (Å²) in [6, 6.07) is 6.34. The highest BCUT2D eigenvalue weighted by Gasteiger charge is 2.29. The molecule has 1 aromatic carbocycles. The summed E-state index contributed by atoms with van der Waals surface area (Å²) in [5.41, 5.74) is 1.04. The minimum absolute atomic E-state index is 0.0444. The van der Waals surface area contributed by atoms with E-state index in [-0.39, 0.29) is 24.3 Å². The van der Waals surface area contributed by atoms with Crippen LogP contribution in [0.4, 0.5) is 0 Å². The third kappa shape index (κ3) is 4.75. The van der Waals surface area contributed by atoms with Crippen LogP contribution in [-0.4, -0.2) is 69.9 Å². The summed E-state index contributed by atoms with van der Waals surface area (Å²) in [5.74, 6) is 0.317. The van der Waals surface area contributed by atoms with Crippen molar-refractivity contribution in [1.82, 2.24) is 9.80 Å². The van der Waals surface area contributed by atoms with Crippen LogP contribution in [0, 0.1) is 0 Å². The van der Waals surface area contributed by atoms with Crippen molar-refractivity contribution in [1.29, 1.82) is 0 Å². The molecule has 136 valence electrons. The smallest absolute Gasteiger partial charge is 0.305 e. The van der Waals surface area contributed by atoms with Crippen LogP contribution in [0.15, 0.2) is 24.3 Å². The van der Waals surface area contributed by atoms with Crippen molar-refractivity contribution in [3.05, 3.63) is 35.4 Å². The first-order valence-corrected chi connectivity index (χ1v) is 9.63. The van der Waals surface area contributed by atoms with Gasteiger partial charge in [0, 0.05) is 42.3 Å². The van der Waals surface area contributed by atoms with Gasteiger partial charge in [0.1, 0.15) is 0 Å². The fraction of sp³-hybridized carbons (Fsp3) is 0.500. The van der Waals surface area contributed by atoms with Crippen LogP contribution in [-0.2, 0) is 4.79 Å². The molecule has 0 radical (unpaired) electrons. The number of amides is 2. The van der Waals surface area contributed by atoms with E-state index in [1.165, 1.54) is 0 Å². The van der Waals surface area contributed by atoms with Crippen LogP contribution < -0.4 is 0 Å². The van der Waals surface area contributed by atoms with Gasteiger partial charge in [0.15, 0.2) is 0 Å².